The highest BCUT2D eigenvalue weighted by Gasteiger charge is 2.16. The van der Waals surface area contributed by atoms with Crippen LogP contribution in [0.3, 0.4) is 0 Å². The molecular weight excluding hydrogens is 226 g/mol. The lowest BCUT2D eigenvalue weighted by molar-refractivity contribution is 0.0993. The van der Waals surface area contributed by atoms with Crippen molar-refractivity contribution in [2.45, 2.75) is 58.3 Å². The van der Waals surface area contributed by atoms with E-state index in [0.717, 1.165) is 18.5 Å². The van der Waals surface area contributed by atoms with Gasteiger partial charge in [-0.25, -0.2) is 4.98 Å². The summed E-state index contributed by atoms with van der Waals surface area (Å²) in [6.07, 6.45) is 10.4. The highest BCUT2D eigenvalue weighted by atomic mass is 16.1. The fraction of sp³-hybridized carbons (Fsp3) is 0.643. The molecule has 0 aliphatic rings. The van der Waals surface area contributed by atoms with Gasteiger partial charge in [-0.05, 0) is 6.42 Å². The Morgan fingerprint density at radius 3 is 2.56 bits per heavy atom. The summed E-state index contributed by atoms with van der Waals surface area (Å²) < 4.78 is 0. The minimum atomic E-state index is -0.490. The molecule has 1 rings (SSSR count). The van der Waals surface area contributed by atoms with Crippen molar-refractivity contribution >= 4 is 5.91 Å². The van der Waals surface area contributed by atoms with E-state index in [1.54, 1.807) is 6.20 Å². The summed E-state index contributed by atoms with van der Waals surface area (Å²) in [6, 6.07) is 0. The molecule has 100 valence electrons. The maximum absolute atomic E-state index is 11.3. The second-order valence-corrected chi connectivity index (χ2v) is 4.76. The van der Waals surface area contributed by atoms with Crippen LogP contribution in [0.15, 0.2) is 12.4 Å². The molecule has 1 heterocycles. The summed E-state index contributed by atoms with van der Waals surface area (Å²) in [6.45, 7) is 4.29. The quantitative estimate of drug-likeness (QED) is 0.720. The van der Waals surface area contributed by atoms with Crippen molar-refractivity contribution in [3.63, 3.8) is 0 Å². The first-order chi connectivity index (χ1) is 8.66. The zero-order valence-electron chi connectivity index (χ0n) is 11.4. The third-order valence-corrected chi connectivity index (χ3v) is 3.17. The first-order valence-corrected chi connectivity index (χ1v) is 6.77. The molecule has 1 atom stereocenters. The molecular formula is C14H23N3O. The SMILES string of the molecule is CCCCCCCC(C)c1nccnc1C(N)=O. The monoisotopic (exact) mass is 249 g/mol. The van der Waals surface area contributed by atoms with Crippen molar-refractivity contribution in [1.82, 2.24) is 9.97 Å². The number of carbonyl (C=O) groups excluding carboxylic acids is 1. The second-order valence-electron chi connectivity index (χ2n) is 4.76. The maximum atomic E-state index is 11.3. The number of hydrogen-bond donors (Lipinski definition) is 1. The number of nitrogens with two attached hydrogens (primary N) is 1. The van der Waals surface area contributed by atoms with Gasteiger partial charge >= 0.3 is 0 Å². The van der Waals surface area contributed by atoms with Gasteiger partial charge in [0.1, 0.15) is 5.69 Å². The molecule has 1 aromatic heterocycles. The maximum Gasteiger partial charge on any atom is 0.269 e. The molecule has 0 saturated heterocycles. The number of nitrogens with zero attached hydrogens (tertiary/aromatic N) is 2. The topological polar surface area (TPSA) is 68.9 Å². The lowest BCUT2D eigenvalue weighted by atomic mass is 9.97. The van der Waals surface area contributed by atoms with E-state index in [2.05, 4.69) is 23.8 Å². The van der Waals surface area contributed by atoms with Crippen LogP contribution in [0.4, 0.5) is 0 Å². The zero-order valence-corrected chi connectivity index (χ0v) is 11.4. The van der Waals surface area contributed by atoms with Crippen molar-refractivity contribution < 1.29 is 4.79 Å². The average molecular weight is 249 g/mol. The van der Waals surface area contributed by atoms with Gasteiger partial charge in [0.25, 0.3) is 5.91 Å². The largest absolute Gasteiger partial charge is 0.364 e. The normalized spacial score (nSPS) is 12.3. The van der Waals surface area contributed by atoms with E-state index in [1.807, 2.05) is 0 Å². The predicted octanol–water partition coefficient (Wildman–Crippen LogP) is 3.04. The van der Waals surface area contributed by atoms with Crippen LogP contribution in [0, 0.1) is 0 Å². The molecule has 4 heteroatoms. The van der Waals surface area contributed by atoms with Crippen molar-refractivity contribution in [3.8, 4) is 0 Å². The van der Waals surface area contributed by atoms with Crippen molar-refractivity contribution in [1.29, 1.82) is 0 Å². The summed E-state index contributed by atoms with van der Waals surface area (Å²) >= 11 is 0. The van der Waals surface area contributed by atoms with Crippen LogP contribution in [0.1, 0.15) is 74.5 Å². The van der Waals surface area contributed by atoms with Crippen molar-refractivity contribution in [2.75, 3.05) is 0 Å². The Kier molecular flexibility index (Phi) is 6.33. The Balaban J connectivity index is 2.51. The molecule has 18 heavy (non-hydrogen) atoms. The molecule has 0 fully saturated rings. The summed E-state index contributed by atoms with van der Waals surface area (Å²) in [5, 5.41) is 0. The van der Waals surface area contributed by atoms with Crippen LogP contribution in [-0.4, -0.2) is 15.9 Å². The zero-order chi connectivity index (χ0) is 13.4. The molecule has 1 aromatic rings. The van der Waals surface area contributed by atoms with Gasteiger partial charge in [0.2, 0.25) is 0 Å². The fourth-order valence-corrected chi connectivity index (χ4v) is 2.09. The number of aromatic nitrogens is 2. The molecule has 0 radical (unpaired) electrons. The number of hydrogen-bond acceptors (Lipinski definition) is 3. The minimum absolute atomic E-state index is 0.239. The molecule has 0 aromatic carbocycles. The fourth-order valence-electron chi connectivity index (χ4n) is 2.09. The first-order valence-electron chi connectivity index (χ1n) is 6.77. The van der Waals surface area contributed by atoms with Gasteiger partial charge in [-0.1, -0.05) is 46.0 Å². The van der Waals surface area contributed by atoms with E-state index in [-0.39, 0.29) is 5.92 Å². The van der Waals surface area contributed by atoms with Gasteiger partial charge in [0, 0.05) is 18.3 Å². The van der Waals surface area contributed by atoms with E-state index >= 15 is 0 Å². The lowest BCUT2D eigenvalue weighted by Crippen LogP contribution is -2.18. The molecule has 0 bridgehead atoms. The predicted molar refractivity (Wildman–Crippen MR) is 72.3 cm³/mol. The summed E-state index contributed by atoms with van der Waals surface area (Å²) in [5.41, 5.74) is 6.36. The highest BCUT2D eigenvalue weighted by molar-refractivity contribution is 5.91. The summed E-state index contributed by atoms with van der Waals surface area (Å²) in [4.78, 5) is 19.5. The molecule has 2 N–H and O–H groups in total. The number of unbranched alkanes of at least 4 members (excludes halogenated alkanes) is 4. The first kappa shape index (κ1) is 14.6. The van der Waals surface area contributed by atoms with Crippen molar-refractivity contribution in [3.05, 3.63) is 23.8 Å². The average Bonchev–Trinajstić information content (AvgIpc) is 2.38. The molecule has 0 saturated carbocycles. The number of carbonyl (C=O) groups is 1. The molecule has 0 aliphatic heterocycles. The number of amides is 1. The molecule has 1 amide bonds. The Bertz CT molecular complexity index is 379. The Morgan fingerprint density at radius 1 is 1.22 bits per heavy atom. The highest BCUT2D eigenvalue weighted by Crippen LogP contribution is 2.22. The molecule has 4 nitrogen and oxygen atoms in total. The van der Waals surface area contributed by atoms with E-state index in [0.29, 0.717) is 5.69 Å². The Hall–Kier alpha value is -1.45. The second kappa shape index (κ2) is 7.80. The number of primary amides is 1. The van der Waals surface area contributed by atoms with Crippen LogP contribution >= 0.6 is 0 Å². The Labute approximate surface area is 109 Å². The van der Waals surface area contributed by atoms with Crippen LogP contribution < -0.4 is 5.73 Å². The molecule has 1 unspecified atom stereocenters. The van der Waals surface area contributed by atoms with E-state index in [9.17, 15) is 4.79 Å². The third-order valence-electron chi connectivity index (χ3n) is 3.17. The van der Waals surface area contributed by atoms with E-state index in [4.69, 9.17) is 5.73 Å². The molecule has 0 spiro atoms. The standard InChI is InChI=1S/C14H23N3O/c1-3-4-5-6-7-8-11(2)12-13(14(15)18)17-10-9-16-12/h9-11H,3-8H2,1-2H3,(H2,15,18). The van der Waals surface area contributed by atoms with Gasteiger partial charge in [0.05, 0.1) is 5.69 Å². The van der Waals surface area contributed by atoms with Gasteiger partial charge in [-0.2, -0.15) is 0 Å². The minimum Gasteiger partial charge on any atom is -0.364 e. The Morgan fingerprint density at radius 2 is 1.89 bits per heavy atom. The van der Waals surface area contributed by atoms with Crippen LogP contribution in [0.5, 0.6) is 0 Å². The van der Waals surface area contributed by atoms with Gasteiger partial charge in [-0.3, -0.25) is 9.78 Å². The van der Waals surface area contributed by atoms with Gasteiger partial charge < -0.3 is 5.73 Å². The van der Waals surface area contributed by atoms with Gasteiger partial charge in [0.15, 0.2) is 0 Å². The van der Waals surface area contributed by atoms with Crippen molar-refractivity contribution in [2.24, 2.45) is 5.73 Å². The van der Waals surface area contributed by atoms with Crippen LogP contribution in [0.25, 0.3) is 0 Å². The van der Waals surface area contributed by atoms with E-state index < -0.39 is 5.91 Å². The molecule has 0 aliphatic carbocycles. The lowest BCUT2D eigenvalue weighted by Gasteiger charge is -2.12. The third kappa shape index (κ3) is 4.43. The summed E-state index contributed by atoms with van der Waals surface area (Å²) in [7, 11) is 0. The van der Waals surface area contributed by atoms with E-state index in [1.165, 1.54) is 31.9 Å². The smallest absolute Gasteiger partial charge is 0.269 e. The number of rotatable bonds is 8. The summed E-state index contributed by atoms with van der Waals surface area (Å²) in [5.74, 6) is -0.251. The van der Waals surface area contributed by atoms with Gasteiger partial charge in [-0.15, -0.1) is 0 Å². The van der Waals surface area contributed by atoms with Crippen LogP contribution in [-0.2, 0) is 0 Å². The van der Waals surface area contributed by atoms with Crippen LogP contribution in [0.2, 0.25) is 0 Å².